The second-order valence-corrected chi connectivity index (χ2v) is 5.23. The molecule has 0 saturated carbocycles. The van der Waals surface area contributed by atoms with E-state index < -0.39 is 0 Å². The first-order chi connectivity index (χ1) is 8.56. The fourth-order valence-electron chi connectivity index (χ4n) is 1.70. The van der Waals surface area contributed by atoms with E-state index in [0.29, 0.717) is 5.69 Å². The van der Waals surface area contributed by atoms with Crippen molar-refractivity contribution < 1.29 is 0 Å². The van der Waals surface area contributed by atoms with Crippen molar-refractivity contribution in [1.29, 1.82) is 0 Å². The van der Waals surface area contributed by atoms with E-state index in [0.717, 1.165) is 10.3 Å². The van der Waals surface area contributed by atoms with Crippen LogP contribution >= 0.6 is 15.9 Å². The summed E-state index contributed by atoms with van der Waals surface area (Å²) in [6, 6.07) is 10.5. The number of nitrogen functional groups attached to an aromatic ring is 1. The normalized spacial score (nSPS) is 12.2. The molecular weight excluding hydrogens is 290 g/mol. The molecular formula is C14H16BrN3. The number of pyridine rings is 1. The third kappa shape index (κ3) is 3.01. The van der Waals surface area contributed by atoms with E-state index in [1.807, 2.05) is 6.07 Å². The average Bonchev–Trinajstić information content (AvgIpc) is 2.33. The van der Waals surface area contributed by atoms with E-state index in [9.17, 15) is 0 Å². The Kier molecular flexibility index (Phi) is 3.87. The smallest absolute Gasteiger partial charge is 0.140 e. The Morgan fingerprint density at radius 1 is 1.28 bits per heavy atom. The molecule has 0 saturated heterocycles. The van der Waals surface area contributed by atoms with Gasteiger partial charge in [0.2, 0.25) is 0 Å². The first kappa shape index (κ1) is 12.9. The van der Waals surface area contributed by atoms with Crippen LogP contribution < -0.4 is 11.1 Å². The van der Waals surface area contributed by atoms with Crippen LogP contribution in [0.3, 0.4) is 0 Å². The number of anilines is 2. The van der Waals surface area contributed by atoms with Crippen molar-refractivity contribution in [2.75, 3.05) is 11.1 Å². The highest BCUT2D eigenvalue weighted by Crippen LogP contribution is 2.26. The van der Waals surface area contributed by atoms with E-state index >= 15 is 0 Å². The number of halogens is 1. The molecule has 2 aromatic rings. The van der Waals surface area contributed by atoms with Crippen LogP contribution in [-0.4, -0.2) is 4.98 Å². The van der Waals surface area contributed by atoms with Crippen LogP contribution in [-0.2, 0) is 0 Å². The van der Waals surface area contributed by atoms with Crippen LogP contribution in [0.1, 0.15) is 24.1 Å². The molecule has 3 N–H and O–H groups in total. The summed E-state index contributed by atoms with van der Waals surface area (Å²) in [5.74, 6) is 0.803. The second kappa shape index (κ2) is 5.40. The molecule has 94 valence electrons. The molecule has 18 heavy (non-hydrogen) atoms. The molecule has 0 spiro atoms. The lowest BCUT2D eigenvalue weighted by Gasteiger charge is -2.16. The van der Waals surface area contributed by atoms with Crippen LogP contribution in [0, 0.1) is 6.92 Å². The molecule has 1 aromatic carbocycles. The first-order valence-electron chi connectivity index (χ1n) is 5.80. The van der Waals surface area contributed by atoms with Crippen molar-refractivity contribution in [2.45, 2.75) is 19.9 Å². The predicted octanol–water partition coefficient (Wildman–Crippen LogP) is 3.91. The van der Waals surface area contributed by atoms with Gasteiger partial charge in [0.25, 0.3) is 0 Å². The summed E-state index contributed by atoms with van der Waals surface area (Å²) >= 11 is 3.45. The lowest BCUT2D eigenvalue weighted by Crippen LogP contribution is -2.08. The maximum Gasteiger partial charge on any atom is 0.140 e. The van der Waals surface area contributed by atoms with Gasteiger partial charge in [0.05, 0.1) is 16.4 Å². The molecule has 0 aliphatic carbocycles. The number of nitrogens with one attached hydrogen (secondary N) is 1. The highest BCUT2D eigenvalue weighted by molar-refractivity contribution is 9.10. The van der Waals surface area contributed by atoms with Gasteiger partial charge in [-0.05, 0) is 41.4 Å². The molecule has 2 rings (SSSR count). The van der Waals surface area contributed by atoms with Gasteiger partial charge in [-0.1, -0.05) is 29.8 Å². The van der Waals surface area contributed by atoms with Crippen molar-refractivity contribution in [2.24, 2.45) is 0 Å². The lowest BCUT2D eigenvalue weighted by atomic mass is 10.1. The van der Waals surface area contributed by atoms with Gasteiger partial charge in [0.15, 0.2) is 0 Å². The lowest BCUT2D eigenvalue weighted by molar-refractivity contribution is 0.872. The quantitative estimate of drug-likeness (QED) is 0.904. The molecule has 1 heterocycles. The molecule has 0 fully saturated rings. The molecule has 1 atom stereocenters. The van der Waals surface area contributed by atoms with Crippen LogP contribution in [0.4, 0.5) is 11.5 Å². The molecule has 1 unspecified atom stereocenters. The molecule has 0 bridgehead atoms. The Bertz CT molecular complexity index is 537. The van der Waals surface area contributed by atoms with Gasteiger partial charge < -0.3 is 11.1 Å². The zero-order chi connectivity index (χ0) is 13.1. The van der Waals surface area contributed by atoms with E-state index in [4.69, 9.17) is 5.73 Å². The third-order valence-corrected chi connectivity index (χ3v) is 3.40. The van der Waals surface area contributed by atoms with Crippen molar-refractivity contribution in [1.82, 2.24) is 4.98 Å². The van der Waals surface area contributed by atoms with Crippen molar-refractivity contribution >= 4 is 27.4 Å². The SMILES string of the molecule is Cc1ccc(C(C)Nc2ncc(N)cc2Br)cc1. The number of nitrogens with two attached hydrogens (primary N) is 1. The minimum absolute atomic E-state index is 0.193. The predicted molar refractivity (Wildman–Crippen MR) is 79.6 cm³/mol. The van der Waals surface area contributed by atoms with E-state index in [1.54, 1.807) is 6.20 Å². The zero-order valence-corrected chi connectivity index (χ0v) is 12.0. The molecule has 1 aromatic heterocycles. The number of nitrogens with zero attached hydrogens (tertiary/aromatic N) is 1. The number of hydrogen-bond acceptors (Lipinski definition) is 3. The Morgan fingerprint density at radius 3 is 2.56 bits per heavy atom. The van der Waals surface area contributed by atoms with Gasteiger partial charge in [-0.2, -0.15) is 0 Å². The number of hydrogen-bond donors (Lipinski definition) is 2. The summed E-state index contributed by atoms with van der Waals surface area (Å²) in [5.41, 5.74) is 8.80. The van der Waals surface area contributed by atoms with Crippen LogP contribution in [0.5, 0.6) is 0 Å². The summed E-state index contributed by atoms with van der Waals surface area (Å²) in [4.78, 5) is 4.28. The van der Waals surface area contributed by atoms with Gasteiger partial charge in [0.1, 0.15) is 5.82 Å². The molecule has 4 heteroatoms. The fraction of sp³-hybridized carbons (Fsp3) is 0.214. The maximum absolute atomic E-state index is 5.67. The van der Waals surface area contributed by atoms with Crippen LogP contribution in [0.2, 0.25) is 0 Å². The molecule has 0 aliphatic heterocycles. The summed E-state index contributed by atoms with van der Waals surface area (Å²) in [7, 11) is 0. The van der Waals surface area contributed by atoms with Gasteiger partial charge in [-0.3, -0.25) is 0 Å². The molecule has 0 amide bonds. The standard InChI is InChI=1S/C14H16BrN3/c1-9-3-5-11(6-4-9)10(2)18-14-13(15)7-12(16)8-17-14/h3-8,10H,16H2,1-2H3,(H,17,18). The highest BCUT2D eigenvalue weighted by Gasteiger charge is 2.08. The number of benzene rings is 1. The van der Waals surface area contributed by atoms with Gasteiger partial charge >= 0.3 is 0 Å². The summed E-state index contributed by atoms with van der Waals surface area (Å²) in [6.45, 7) is 4.19. The number of aryl methyl sites for hydroxylation is 1. The summed E-state index contributed by atoms with van der Waals surface area (Å²) in [6.07, 6.45) is 1.65. The zero-order valence-electron chi connectivity index (χ0n) is 10.4. The van der Waals surface area contributed by atoms with E-state index in [1.165, 1.54) is 11.1 Å². The van der Waals surface area contributed by atoms with Gasteiger partial charge in [-0.15, -0.1) is 0 Å². The van der Waals surface area contributed by atoms with Gasteiger partial charge in [-0.25, -0.2) is 4.98 Å². The van der Waals surface area contributed by atoms with E-state index in [-0.39, 0.29) is 6.04 Å². The average molecular weight is 306 g/mol. The molecule has 0 aliphatic rings. The van der Waals surface area contributed by atoms with Gasteiger partial charge in [0, 0.05) is 6.04 Å². The van der Waals surface area contributed by atoms with E-state index in [2.05, 4.69) is 64.3 Å². The first-order valence-corrected chi connectivity index (χ1v) is 6.59. The monoisotopic (exact) mass is 305 g/mol. The molecule has 0 radical (unpaired) electrons. The Hall–Kier alpha value is -1.55. The third-order valence-electron chi connectivity index (χ3n) is 2.79. The summed E-state index contributed by atoms with van der Waals surface area (Å²) < 4.78 is 0.876. The van der Waals surface area contributed by atoms with Crippen molar-refractivity contribution in [3.63, 3.8) is 0 Å². The second-order valence-electron chi connectivity index (χ2n) is 4.38. The Morgan fingerprint density at radius 2 is 1.94 bits per heavy atom. The van der Waals surface area contributed by atoms with Crippen LogP contribution in [0.25, 0.3) is 0 Å². The topological polar surface area (TPSA) is 50.9 Å². The fourth-order valence-corrected chi connectivity index (χ4v) is 2.18. The summed E-state index contributed by atoms with van der Waals surface area (Å²) in [5, 5.41) is 3.36. The maximum atomic E-state index is 5.67. The highest BCUT2D eigenvalue weighted by atomic mass is 79.9. The Labute approximate surface area is 116 Å². The van der Waals surface area contributed by atoms with Crippen molar-refractivity contribution in [3.05, 3.63) is 52.1 Å². The largest absolute Gasteiger partial charge is 0.397 e. The minimum atomic E-state index is 0.193. The Balaban J connectivity index is 2.15. The van der Waals surface area contributed by atoms with Crippen molar-refractivity contribution in [3.8, 4) is 0 Å². The number of rotatable bonds is 3. The number of aromatic nitrogens is 1. The van der Waals surface area contributed by atoms with Crippen LogP contribution in [0.15, 0.2) is 41.0 Å². The minimum Gasteiger partial charge on any atom is -0.397 e. The molecule has 3 nitrogen and oxygen atoms in total.